The monoisotopic (exact) mass is 272 g/mol. The Morgan fingerprint density at radius 1 is 1.39 bits per heavy atom. The molecule has 0 saturated heterocycles. The van der Waals surface area contributed by atoms with Gasteiger partial charge >= 0.3 is 0 Å². The van der Waals surface area contributed by atoms with Gasteiger partial charge in [0.2, 0.25) is 0 Å². The molecule has 0 radical (unpaired) electrons. The molecule has 18 heavy (non-hydrogen) atoms. The van der Waals surface area contributed by atoms with E-state index in [1.165, 1.54) is 6.07 Å². The van der Waals surface area contributed by atoms with Gasteiger partial charge in [-0.25, -0.2) is 0 Å². The number of aromatic hydroxyl groups is 1. The summed E-state index contributed by atoms with van der Waals surface area (Å²) in [7, 11) is 0. The van der Waals surface area contributed by atoms with Gasteiger partial charge in [0.15, 0.2) is 0 Å². The molecule has 5 heteroatoms. The summed E-state index contributed by atoms with van der Waals surface area (Å²) in [5.74, 6) is 0.370. The van der Waals surface area contributed by atoms with Crippen LogP contribution in [0.4, 0.5) is 5.69 Å². The van der Waals surface area contributed by atoms with E-state index in [1.54, 1.807) is 6.07 Å². The number of benzene rings is 1. The third kappa shape index (κ3) is 2.16. The maximum Gasteiger partial charge on any atom is 0.143 e. The number of fused-ring (bicyclic) bond motifs is 1. The quantitative estimate of drug-likeness (QED) is 0.356. The molecule has 0 aromatic heterocycles. The number of rotatable bonds is 1. The molecule has 0 fully saturated rings. The van der Waals surface area contributed by atoms with Crippen LogP contribution >= 0.6 is 12.4 Å². The summed E-state index contributed by atoms with van der Waals surface area (Å²) in [4.78, 5) is 0. The van der Waals surface area contributed by atoms with E-state index >= 15 is 0 Å². The molecular formula is C13H21ClN2O2. The number of phenolic OH excluding ortho intramolecular Hbond substituents is 1. The first-order valence-corrected chi connectivity index (χ1v) is 5.97. The Hall–Kier alpha value is -0.970. The van der Waals surface area contributed by atoms with Crippen LogP contribution in [-0.4, -0.2) is 10.2 Å². The highest BCUT2D eigenvalue weighted by molar-refractivity contribution is 5.85. The van der Waals surface area contributed by atoms with Crippen molar-refractivity contribution < 1.29 is 10.2 Å². The van der Waals surface area contributed by atoms with Crippen molar-refractivity contribution >= 4 is 18.1 Å². The SMILES string of the molecule is CC(C)C1CCc2c(ccc(O)c2N)C1(N)O.Cl. The van der Waals surface area contributed by atoms with Gasteiger partial charge in [0.05, 0.1) is 5.69 Å². The first-order chi connectivity index (χ1) is 7.85. The second-order valence-electron chi connectivity index (χ2n) is 5.24. The highest BCUT2D eigenvalue weighted by atomic mass is 35.5. The Morgan fingerprint density at radius 3 is 2.56 bits per heavy atom. The highest BCUT2D eigenvalue weighted by Gasteiger charge is 2.41. The van der Waals surface area contributed by atoms with Gasteiger partial charge in [-0.15, -0.1) is 12.4 Å². The van der Waals surface area contributed by atoms with Gasteiger partial charge in [-0.1, -0.05) is 19.9 Å². The minimum Gasteiger partial charge on any atom is -0.506 e. The summed E-state index contributed by atoms with van der Waals surface area (Å²) in [5.41, 5.74) is 12.3. The van der Waals surface area contributed by atoms with Gasteiger partial charge < -0.3 is 15.9 Å². The summed E-state index contributed by atoms with van der Waals surface area (Å²) in [6, 6.07) is 3.17. The minimum absolute atomic E-state index is 0. The van der Waals surface area contributed by atoms with E-state index in [2.05, 4.69) is 13.8 Å². The van der Waals surface area contributed by atoms with Crippen molar-refractivity contribution in [2.75, 3.05) is 5.73 Å². The summed E-state index contributed by atoms with van der Waals surface area (Å²) >= 11 is 0. The fraction of sp³-hybridized carbons (Fsp3) is 0.538. The van der Waals surface area contributed by atoms with E-state index in [1.807, 2.05) is 0 Å². The van der Waals surface area contributed by atoms with Gasteiger partial charge in [0, 0.05) is 11.5 Å². The zero-order valence-electron chi connectivity index (χ0n) is 10.7. The average molecular weight is 273 g/mol. The predicted octanol–water partition coefficient (Wildman–Crippen LogP) is 1.72. The van der Waals surface area contributed by atoms with Crippen molar-refractivity contribution in [2.24, 2.45) is 17.6 Å². The van der Waals surface area contributed by atoms with Crippen molar-refractivity contribution in [2.45, 2.75) is 32.4 Å². The van der Waals surface area contributed by atoms with E-state index in [0.717, 1.165) is 18.4 Å². The number of halogens is 1. The lowest BCUT2D eigenvalue weighted by Crippen LogP contribution is -2.49. The molecule has 1 aliphatic carbocycles. The molecule has 2 atom stereocenters. The lowest BCUT2D eigenvalue weighted by atomic mass is 9.72. The first kappa shape index (κ1) is 15.1. The summed E-state index contributed by atoms with van der Waals surface area (Å²) in [6.07, 6.45) is 1.53. The molecule has 0 heterocycles. The maximum absolute atomic E-state index is 10.5. The molecule has 4 nitrogen and oxygen atoms in total. The molecule has 0 spiro atoms. The van der Waals surface area contributed by atoms with Crippen LogP contribution < -0.4 is 11.5 Å². The number of phenols is 1. The minimum atomic E-state index is -1.36. The van der Waals surface area contributed by atoms with Gasteiger partial charge in [-0.3, -0.25) is 5.73 Å². The zero-order valence-corrected chi connectivity index (χ0v) is 11.5. The zero-order chi connectivity index (χ0) is 12.8. The molecular weight excluding hydrogens is 252 g/mol. The van der Waals surface area contributed by atoms with Crippen LogP contribution in [0.3, 0.4) is 0 Å². The van der Waals surface area contributed by atoms with E-state index in [-0.39, 0.29) is 24.1 Å². The maximum atomic E-state index is 10.5. The molecule has 0 amide bonds. The van der Waals surface area contributed by atoms with Gasteiger partial charge in [0.25, 0.3) is 0 Å². The third-order valence-corrected chi connectivity index (χ3v) is 3.84. The normalized spacial score (nSPS) is 26.6. The standard InChI is InChI=1S/C13H20N2O2.ClH/c1-7(2)9-4-3-8-10(13(9,15)17)5-6-11(16)12(8)14;/h5-7,9,16-17H,3-4,14-15H2,1-2H3;1H. The highest BCUT2D eigenvalue weighted by Crippen LogP contribution is 2.43. The number of anilines is 1. The summed E-state index contributed by atoms with van der Waals surface area (Å²) in [5, 5.41) is 20.1. The molecule has 1 aromatic rings. The second-order valence-corrected chi connectivity index (χ2v) is 5.24. The van der Waals surface area contributed by atoms with Crippen molar-refractivity contribution in [1.29, 1.82) is 0 Å². The fourth-order valence-corrected chi connectivity index (χ4v) is 2.86. The van der Waals surface area contributed by atoms with Crippen LogP contribution in [0.5, 0.6) is 5.75 Å². The van der Waals surface area contributed by atoms with Crippen LogP contribution in [0, 0.1) is 11.8 Å². The van der Waals surface area contributed by atoms with E-state index in [9.17, 15) is 10.2 Å². The molecule has 0 bridgehead atoms. The van der Waals surface area contributed by atoms with Crippen LogP contribution in [0.15, 0.2) is 12.1 Å². The number of hydrogen-bond donors (Lipinski definition) is 4. The van der Waals surface area contributed by atoms with Crippen LogP contribution in [0.1, 0.15) is 31.4 Å². The van der Waals surface area contributed by atoms with Crippen LogP contribution in [0.25, 0.3) is 0 Å². The second kappa shape index (κ2) is 4.96. The topological polar surface area (TPSA) is 92.5 Å². The molecule has 0 saturated carbocycles. The van der Waals surface area contributed by atoms with Crippen molar-refractivity contribution in [3.05, 3.63) is 23.3 Å². The van der Waals surface area contributed by atoms with E-state index < -0.39 is 5.72 Å². The number of aliphatic hydroxyl groups is 1. The van der Waals surface area contributed by atoms with Crippen molar-refractivity contribution in [1.82, 2.24) is 0 Å². The Kier molecular flexibility index (Phi) is 4.15. The smallest absolute Gasteiger partial charge is 0.143 e. The Morgan fingerprint density at radius 2 is 2.00 bits per heavy atom. The molecule has 1 aliphatic rings. The largest absolute Gasteiger partial charge is 0.506 e. The summed E-state index contributed by atoms with van der Waals surface area (Å²) < 4.78 is 0. The predicted molar refractivity (Wildman–Crippen MR) is 74.5 cm³/mol. The van der Waals surface area contributed by atoms with Gasteiger partial charge in [-0.2, -0.15) is 0 Å². The lowest BCUT2D eigenvalue weighted by Gasteiger charge is -2.41. The van der Waals surface area contributed by atoms with Crippen molar-refractivity contribution in [3.63, 3.8) is 0 Å². The molecule has 6 N–H and O–H groups in total. The van der Waals surface area contributed by atoms with E-state index in [0.29, 0.717) is 17.2 Å². The molecule has 2 rings (SSSR count). The summed E-state index contributed by atoms with van der Waals surface area (Å²) in [6.45, 7) is 4.11. The fourth-order valence-electron chi connectivity index (χ4n) is 2.86. The van der Waals surface area contributed by atoms with Crippen molar-refractivity contribution in [3.8, 4) is 5.75 Å². The number of hydrogen-bond acceptors (Lipinski definition) is 4. The van der Waals surface area contributed by atoms with E-state index in [4.69, 9.17) is 11.5 Å². The third-order valence-electron chi connectivity index (χ3n) is 3.84. The lowest BCUT2D eigenvalue weighted by molar-refractivity contribution is -0.0486. The average Bonchev–Trinajstić information content (AvgIpc) is 2.22. The Labute approximate surface area is 113 Å². The van der Waals surface area contributed by atoms with Crippen LogP contribution in [-0.2, 0) is 12.1 Å². The first-order valence-electron chi connectivity index (χ1n) is 5.97. The van der Waals surface area contributed by atoms with Crippen LogP contribution in [0.2, 0.25) is 0 Å². The molecule has 102 valence electrons. The van der Waals surface area contributed by atoms with Gasteiger partial charge in [0.1, 0.15) is 11.5 Å². The van der Waals surface area contributed by atoms with Gasteiger partial charge in [-0.05, 0) is 30.4 Å². The molecule has 0 aliphatic heterocycles. The number of nitrogen functional groups attached to an aromatic ring is 1. The Balaban J connectivity index is 0.00000162. The number of nitrogens with two attached hydrogens (primary N) is 2. The molecule has 2 unspecified atom stereocenters. The Bertz CT molecular complexity index is 447. The molecule has 1 aromatic carbocycles.